The normalized spacial score (nSPS) is 15.9. The molecule has 6 nitrogen and oxygen atoms in total. The molecule has 22 heavy (non-hydrogen) atoms. The number of carbonyl (C=O) groups is 1. The first kappa shape index (κ1) is 14.6. The van der Waals surface area contributed by atoms with Crippen LogP contribution >= 0.6 is 0 Å². The Bertz CT molecular complexity index is 653. The van der Waals surface area contributed by atoms with Gasteiger partial charge < -0.3 is 15.3 Å². The molecule has 3 rings (SSSR count). The first-order chi connectivity index (χ1) is 10.7. The minimum absolute atomic E-state index is 0.537. The highest BCUT2D eigenvalue weighted by molar-refractivity contribution is 5.75. The van der Waals surface area contributed by atoms with Crippen molar-refractivity contribution in [2.75, 3.05) is 24.5 Å². The number of hydrogen-bond acceptors (Lipinski definition) is 4. The molecule has 1 aromatic heterocycles. The van der Waals surface area contributed by atoms with Crippen molar-refractivity contribution in [2.45, 2.75) is 19.3 Å². The van der Waals surface area contributed by atoms with Crippen LogP contribution in [-0.4, -0.2) is 40.8 Å². The molecule has 1 amide bonds. The Morgan fingerprint density at radius 2 is 2.00 bits per heavy atom. The molecule has 0 saturated carbocycles. The van der Waals surface area contributed by atoms with Gasteiger partial charge in [-0.1, -0.05) is 12.1 Å². The van der Waals surface area contributed by atoms with E-state index in [2.05, 4.69) is 20.2 Å². The number of benzene rings is 1. The SMILES string of the molecule is O=C(O)NCCC1CCN(c2cnc3ccccc3n2)CC1. The summed E-state index contributed by atoms with van der Waals surface area (Å²) >= 11 is 0. The summed E-state index contributed by atoms with van der Waals surface area (Å²) in [5.41, 5.74) is 1.84. The van der Waals surface area contributed by atoms with E-state index in [1.165, 1.54) is 0 Å². The van der Waals surface area contributed by atoms with Crippen molar-refractivity contribution in [3.8, 4) is 0 Å². The van der Waals surface area contributed by atoms with Crippen LogP contribution in [0.5, 0.6) is 0 Å². The molecule has 2 heterocycles. The fraction of sp³-hybridized carbons (Fsp3) is 0.438. The summed E-state index contributed by atoms with van der Waals surface area (Å²) in [5.74, 6) is 1.51. The number of nitrogens with one attached hydrogen (secondary N) is 1. The van der Waals surface area contributed by atoms with Crippen LogP contribution in [0.2, 0.25) is 0 Å². The van der Waals surface area contributed by atoms with Crippen molar-refractivity contribution in [2.24, 2.45) is 5.92 Å². The molecule has 0 spiro atoms. The summed E-state index contributed by atoms with van der Waals surface area (Å²) in [6, 6.07) is 7.89. The maximum Gasteiger partial charge on any atom is 0.404 e. The number of piperidine rings is 1. The summed E-state index contributed by atoms with van der Waals surface area (Å²) < 4.78 is 0. The minimum Gasteiger partial charge on any atom is -0.465 e. The van der Waals surface area contributed by atoms with Gasteiger partial charge in [0.1, 0.15) is 5.82 Å². The monoisotopic (exact) mass is 300 g/mol. The third-order valence-electron chi connectivity index (χ3n) is 4.20. The molecule has 1 fully saturated rings. The van der Waals surface area contributed by atoms with E-state index in [0.717, 1.165) is 49.2 Å². The number of aromatic nitrogens is 2. The number of fused-ring (bicyclic) bond motifs is 1. The van der Waals surface area contributed by atoms with Gasteiger partial charge in [-0.15, -0.1) is 0 Å². The van der Waals surface area contributed by atoms with Crippen molar-refractivity contribution < 1.29 is 9.90 Å². The molecule has 0 atom stereocenters. The van der Waals surface area contributed by atoms with Crippen molar-refractivity contribution in [3.63, 3.8) is 0 Å². The molecule has 2 N–H and O–H groups in total. The number of amides is 1. The van der Waals surface area contributed by atoms with Crippen LogP contribution in [0, 0.1) is 5.92 Å². The van der Waals surface area contributed by atoms with E-state index in [9.17, 15) is 4.79 Å². The first-order valence-corrected chi connectivity index (χ1v) is 7.66. The lowest BCUT2D eigenvalue weighted by molar-refractivity contribution is 0.193. The molecule has 6 heteroatoms. The second kappa shape index (κ2) is 6.60. The summed E-state index contributed by atoms with van der Waals surface area (Å²) in [7, 11) is 0. The molecular formula is C16H20N4O2. The average molecular weight is 300 g/mol. The van der Waals surface area contributed by atoms with Crippen LogP contribution in [0.3, 0.4) is 0 Å². The van der Waals surface area contributed by atoms with Crippen LogP contribution in [-0.2, 0) is 0 Å². The zero-order valence-electron chi connectivity index (χ0n) is 12.4. The van der Waals surface area contributed by atoms with Gasteiger partial charge in [0.15, 0.2) is 0 Å². The maximum atomic E-state index is 10.5. The average Bonchev–Trinajstić information content (AvgIpc) is 2.55. The van der Waals surface area contributed by atoms with Crippen LogP contribution in [0.25, 0.3) is 11.0 Å². The highest BCUT2D eigenvalue weighted by atomic mass is 16.4. The molecular weight excluding hydrogens is 280 g/mol. The van der Waals surface area contributed by atoms with Crippen molar-refractivity contribution in [1.82, 2.24) is 15.3 Å². The van der Waals surface area contributed by atoms with Crippen LogP contribution in [0.1, 0.15) is 19.3 Å². The summed E-state index contributed by atoms with van der Waals surface area (Å²) in [5, 5.41) is 11.0. The number of para-hydroxylation sites is 2. The lowest BCUT2D eigenvalue weighted by Gasteiger charge is -2.32. The van der Waals surface area contributed by atoms with Gasteiger partial charge in [0.25, 0.3) is 0 Å². The van der Waals surface area contributed by atoms with E-state index >= 15 is 0 Å². The standard InChI is InChI=1S/C16H20N4O2/c21-16(22)17-8-5-12-6-9-20(10-7-12)15-11-18-13-3-1-2-4-14(13)19-15/h1-4,11-12,17H,5-10H2,(H,21,22). The number of nitrogens with zero attached hydrogens (tertiary/aromatic N) is 3. The lowest BCUT2D eigenvalue weighted by atomic mass is 9.93. The minimum atomic E-state index is -0.941. The second-order valence-corrected chi connectivity index (χ2v) is 5.67. The molecule has 1 saturated heterocycles. The maximum absolute atomic E-state index is 10.5. The number of rotatable bonds is 4. The second-order valence-electron chi connectivity index (χ2n) is 5.67. The summed E-state index contributed by atoms with van der Waals surface area (Å²) in [4.78, 5) is 21.9. The zero-order chi connectivity index (χ0) is 15.4. The molecule has 0 aliphatic carbocycles. The quantitative estimate of drug-likeness (QED) is 0.907. The van der Waals surface area contributed by atoms with Gasteiger partial charge in [-0.05, 0) is 37.3 Å². The van der Waals surface area contributed by atoms with Gasteiger partial charge in [0, 0.05) is 19.6 Å². The fourth-order valence-electron chi connectivity index (χ4n) is 2.93. The molecule has 0 radical (unpaired) electrons. The van der Waals surface area contributed by atoms with Gasteiger partial charge in [-0.25, -0.2) is 9.78 Å². The predicted octanol–water partition coefficient (Wildman–Crippen LogP) is 2.50. The van der Waals surface area contributed by atoms with Crippen LogP contribution in [0.15, 0.2) is 30.5 Å². The van der Waals surface area contributed by atoms with E-state index in [0.29, 0.717) is 12.5 Å². The topological polar surface area (TPSA) is 78.4 Å². The Balaban J connectivity index is 1.57. The van der Waals surface area contributed by atoms with Gasteiger partial charge in [0.05, 0.1) is 17.2 Å². The van der Waals surface area contributed by atoms with Crippen molar-refractivity contribution in [3.05, 3.63) is 30.5 Å². The van der Waals surface area contributed by atoms with Crippen molar-refractivity contribution >= 4 is 22.9 Å². The third kappa shape index (κ3) is 3.44. The molecule has 0 unspecified atom stereocenters. The molecule has 1 aliphatic heterocycles. The molecule has 1 aliphatic rings. The lowest BCUT2D eigenvalue weighted by Crippen LogP contribution is -2.35. The zero-order valence-corrected chi connectivity index (χ0v) is 12.4. The molecule has 0 bridgehead atoms. The Labute approximate surface area is 129 Å². The van der Waals surface area contributed by atoms with E-state index in [4.69, 9.17) is 5.11 Å². The molecule has 1 aromatic carbocycles. The Kier molecular flexibility index (Phi) is 4.37. The van der Waals surface area contributed by atoms with E-state index in [-0.39, 0.29) is 0 Å². The number of carboxylic acid groups (broad SMARTS) is 1. The van der Waals surface area contributed by atoms with Gasteiger partial charge >= 0.3 is 6.09 Å². The Morgan fingerprint density at radius 1 is 1.27 bits per heavy atom. The van der Waals surface area contributed by atoms with Gasteiger partial charge in [0.2, 0.25) is 0 Å². The van der Waals surface area contributed by atoms with Crippen LogP contribution in [0.4, 0.5) is 10.6 Å². The van der Waals surface area contributed by atoms with Crippen LogP contribution < -0.4 is 10.2 Å². The summed E-state index contributed by atoms with van der Waals surface area (Å²) in [6.07, 6.45) is 3.94. The predicted molar refractivity (Wildman–Crippen MR) is 85.1 cm³/mol. The summed E-state index contributed by atoms with van der Waals surface area (Å²) in [6.45, 7) is 2.44. The van der Waals surface area contributed by atoms with Gasteiger partial charge in [-0.3, -0.25) is 4.98 Å². The number of anilines is 1. The van der Waals surface area contributed by atoms with Gasteiger partial charge in [-0.2, -0.15) is 0 Å². The molecule has 116 valence electrons. The van der Waals surface area contributed by atoms with E-state index < -0.39 is 6.09 Å². The number of hydrogen-bond donors (Lipinski definition) is 2. The first-order valence-electron chi connectivity index (χ1n) is 7.66. The largest absolute Gasteiger partial charge is 0.465 e. The Morgan fingerprint density at radius 3 is 2.73 bits per heavy atom. The van der Waals surface area contributed by atoms with E-state index in [1.54, 1.807) is 0 Å². The fourth-order valence-corrected chi connectivity index (χ4v) is 2.93. The third-order valence-corrected chi connectivity index (χ3v) is 4.20. The highest BCUT2D eigenvalue weighted by Crippen LogP contribution is 2.24. The van der Waals surface area contributed by atoms with E-state index in [1.807, 2.05) is 30.5 Å². The highest BCUT2D eigenvalue weighted by Gasteiger charge is 2.20. The smallest absolute Gasteiger partial charge is 0.404 e. The molecule has 2 aromatic rings. The van der Waals surface area contributed by atoms with Crippen molar-refractivity contribution in [1.29, 1.82) is 0 Å². The Hall–Kier alpha value is -2.37.